The maximum absolute atomic E-state index is 4.39. The minimum absolute atomic E-state index is 0.831. The number of nitrogens with zero attached hydrogens (tertiary/aromatic N) is 1. The molecule has 0 amide bonds. The van der Waals surface area contributed by atoms with Gasteiger partial charge in [0.1, 0.15) is 0 Å². The number of fused-ring (bicyclic) bond motifs is 1. The molecule has 4 heteroatoms. The molecule has 17 heavy (non-hydrogen) atoms. The lowest BCUT2D eigenvalue weighted by molar-refractivity contribution is 0.702. The molecule has 1 aromatic heterocycles. The van der Waals surface area contributed by atoms with Crippen LogP contribution in [0.2, 0.25) is 0 Å². The third-order valence-electron chi connectivity index (χ3n) is 2.87. The van der Waals surface area contributed by atoms with Crippen LogP contribution in [-0.4, -0.2) is 19.0 Å². The smallest absolute Gasteiger partial charge is 0.191 e. The molecule has 0 fully saturated rings. The van der Waals surface area contributed by atoms with E-state index < -0.39 is 0 Å². The van der Waals surface area contributed by atoms with E-state index in [4.69, 9.17) is 0 Å². The van der Waals surface area contributed by atoms with Gasteiger partial charge < -0.3 is 10.6 Å². The van der Waals surface area contributed by atoms with Crippen LogP contribution in [0.1, 0.15) is 12.0 Å². The molecule has 88 valence electrons. The molecule has 3 rings (SSSR count). The Morgan fingerprint density at radius 2 is 2.35 bits per heavy atom. The minimum atomic E-state index is 0.831. The van der Waals surface area contributed by atoms with Crippen LogP contribution in [0.15, 0.2) is 34.6 Å². The van der Waals surface area contributed by atoms with E-state index in [2.05, 4.69) is 45.3 Å². The van der Waals surface area contributed by atoms with Gasteiger partial charge in [0.05, 0.1) is 0 Å². The average Bonchev–Trinajstić information content (AvgIpc) is 2.85. The Bertz CT molecular complexity index is 544. The fourth-order valence-corrected chi connectivity index (χ4v) is 2.73. The molecule has 0 radical (unpaired) electrons. The van der Waals surface area contributed by atoms with Crippen molar-refractivity contribution in [2.75, 3.05) is 13.1 Å². The van der Waals surface area contributed by atoms with Crippen LogP contribution in [0.5, 0.6) is 0 Å². The summed E-state index contributed by atoms with van der Waals surface area (Å²) in [4.78, 5) is 4.39. The Hall–Kier alpha value is -1.55. The zero-order valence-corrected chi connectivity index (χ0v) is 10.4. The van der Waals surface area contributed by atoms with E-state index in [1.807, 2.05) is 0 Å². The third-order valence-corrected chi connectivity index (χ3v) is 3.77. The van der Waals surface area contributed by atoms with Gasteiger partial charge in [-0.1, -0.05) is 6.07 Å². The van der Waals surface area contributed by atoms with Crippen molar-refractivity contribution < 1.29 is 0 Å². The summed E-state index contributed by atoms with van der Waals surface area (Å²) >= 11 is 1.79. The highest BCUT2D eigenvalue weighted by Crippen LogP contribution is 2.21. The SMILES string of the molecule is c1cc2cc(CNC3=NCCCN3)ccc2s1. The molecule has 3 nitrogen and oxygen atoms in total. The number of hydrogen-bond donors (Lipinski definition) is 2. The van der Waals surface area contributed by atoms with Crippen molar-refractivity contribution in [1.82, 2.24) is 10.6 Å². The quantitative estimate of drug-likeness (QED) is 0.852. The number of thiophene rings is 1. The lowest BCUT2D eigenvalue weighted by atomic mass is 10.2. The Morgan fingerprint density at radius 1 is 1.35 bits per heavy atom. The maximum Gasteiger partial charge on any atom is 0.191 e. The molecular weight excluding hydrogens is 230 g/mol. The summed E-state index contributed by atoms with van der Waals surface area (Å²) in [5, 5.41) is 10.1. The summed E-state index contributed by atoms with van der Waals surface area (Å²) in [7, 11) is 0. The number of aliphatic imine (C=N–C) groups is 1. The summed E-state index contributed by atoms with van der Waals surface area (Å²) in [5.41, 5.74) is 1.30. The van der Waals surface area contributed by atoms with Crippen molar-refractivity contribution in [2.45, 2.75) is 13.0 Å². The standard InChI is InChI=1S/C13H15N3S/c1-5-14-13(15-6-1)16-9-10-2-3-12-11(8-10)4-7-17-12/h2-4,7-8H,1,5-6,9H2,(H2,14,15,16). The lowest BCUT2D eigenvalue weighted by Gasteiger charge is -2.15. The molecule has 1 aliphatic rings. The minimum Gasteiger partial charge on any atom is -0.356 e. The van der Waals surface area contributed by atoms with Crippen molar-refractivity contribution in [3.8, 4) is 0 Å². The molecule has 2 aromatic rings. The van der Waals surface area contributed by atoms with Gasteiger partial charge in [0.15, 0.2) is 5.96 Å². The summed E-state index contributed by atoms with van der Waals surface area (Å²) < 4.78 is 1.35. The molecule has 1 aliphatic heterocycles. The first-order chi connectivity index (χ1) is 8.42. The second kappa shape index (κ2) is 4.75. The van der Waals surface area contributed by atoms with E-state index in [1.165, 1.54) is 15.6 Å². The van der Waals surface area contributed by atoms with E-state index in [9.17, 15) is 0 Å². The van der Waals surface area contributed by atoms with Crippen molar-refractivity contribution in [2.24, 2.45) is 4.99 Å². The van der Waals surface area contributed by atoms with Gasteiger partial charge in [-0.2, -0.15) is 0 Å². The average molecular weight is 245 g/mol. The second-order valence-electron chi connectivity index (χ2n) is 4.16. The number of benzene rings is 1. The molecule has 2 N–H and O–H groups in total. The highest BCUT2D eigenvalue weighted by Gasteiger charge is 2.03. The molecule has 0 saturated carbocycles. The summed E-state index contributed by atoms with van der Waals surface area (Å²) in [6.07, 6.45) is 1.13. The molecule has 0 bridgehead atoms. The molecule has 0 spiro atoms. The Balaban J connectivity index is 1.69. The van der Waals surface area contributed by atoms with Crippen LogP contribution in [0.4, 0.5) is 0 Å². The molecule has 1 aromatic carbocycles. The fraction of sp³-hybridized carbons (Fsp3) is 0.308. The van der Waals surface area contributed by atoms with E-state index in [-0.39, 0.29) is 0 Å². The van der Waals surface area contributed by atoms with Crippen molar-refractivity contribution in [1.29, 1.82) is 0 Å². The number of guanidine groups is 1. The second-order valence-corrected chi connectivity index (χ2v) is 5.10. The van der Waals surface area contributed by atoms with Gasteiger partial charge >= 0.3 is 0 Å². The molecule has 0 saturated heterocycles. The van der Waals surface area contributed by atoms with E-state index in [1.54, 1.807) is 11.3 Å². The van der Waals surface area contributed by atoms with Gasteiger partial charge in [-0.3, -0.25) is 4.99 Å². The molecule has 0 atom stereocenters. The van der Waals surface area contributed by atoms with Gasteiger partial charge in [-0.25, -0.2) is 0 Å². The largest absolute Gasteiger partial charge is 0.356 e. The highest BCUT2D eigenvalue weighted by molar-refractivity contribution is 7.17. The lowest BCUT2D eigenvalue weighted by Crippen LogP contribution is -2.40. The van der Waals surface area contributed by atoms with Crippen molar-refractivity contribution in [3.63, 3.8) is 0 Å². The Kier molecular flexibility index (Phi) is 2.96. The summed E-state index contributed by atoms with van der Waals surface area (Å²) in [6, 6.07) is 8.77. The molecular formula is C13H15N3S. The topological polar surface area (TPSA) is 36.4 Å². The first-order valence-electron chi connectivity index (χ1n) is 5.90. The number of hydrogen-bond acceptors (Lipinski definition) is 4. The fourth-order valence-electron chi connectivity index (χ4n) is 1.96. The highest BCUT2D eigenvalue weighted by atomic mass is 32.1. The maximum atomic E-state index is 4.39. The van der Waals surface area contributed by atoms with Crippen LogP contribution in [0.25, 0.3) is 10.1 Å². The summed E-state index contributed by atoms with van der Waals surface area (Å²) in [5.74, 6) is 0.932. The van der Waals surface area contributed by atoms with Gasteiger partial charge in [0.25, 0.3) is 0 Å². The van der Waals surface area contributed by atoms with Gasteiger partial charge in [-0.15, -0.1) is 11.3 Å². The van der Waals surface area contributed by atoms with Crippen molar-refractivity contribution in [3.05, 3.63) is 35.2 Å². The molecule has 2 heterocycles. The van der Waals surface area contributed by atoms with Gasteiger partial charge in [0.2, 0.25) is 0 Å². The summed E-state index contributed by atoms with van der Waals surface area (Å²) in [6.45, 7) is 2.78. The normalized spacial score (nSPS) is 15.4. The van der Waals surface area contributed by atoms with E-state index >= 15 is 0 Å². The zero-order chi connectivity index (χ0) is 11.5. The van der Waals surface area contributed by atoms with Crippen LogP contribution >= 0.6 is 11.3 Å². The van der Waals surface area contributed by atoms with Gasteiger partial charge in [0, 0.05) is 24.3 Å². The number of rotatable bonds is 2. The zero-order valence-electron chi connectivity index (χ0n) is 9.57. The van der Waals surface area contributed by atoms with Crippen LogP contribution in [0.3, 0.4) is 0 Å². The van der Waals surface area contributed by atoms with E-state index in [0.29, 0.717) is 0 Å². The van der Waals surface area contributed by atoms with Crippen LogP contribution < -0.4 is 10.6 Å². The van der Waals surface area contributed by atoms with Crippen LogP contribution in [0, 0.1) is 0 Å². The first kappa shape index (κ1) is 10.6. The number of nitrogens with one attached hydrogen (secondary N) is 2. The Morgan fingerprint density at radius 3 is 3.24 bits per heavy atom. The third kappa shape index (κ3) is 2.42. The molecule has 0 aliphatic carbocycles. The van der Waals surface area contributed by atoms with E-state index in [0.717, 1.165) is 32.0 Å². The van der Waals surface area contributed by atoms with Crippen molar-refractivity contribution >= 4 is 27.4 Å². The first-order valence-corrected chi connectivity index (χ1v) is 6.78. The predicted octanol–water partition coefficient (Wildman–Crippen LogP) is 2.34. The van der Waals surface area contributed by atoms with Crippen LogP contribution in [-0.2, 0) is 6.54 Å². The predicted molar refractivity (Wildman–Crippen MR) is 73.6 cm³/mol. The monoisotopic (exact) mass is 245 g/mol. The van der Waals surface area contributed by atoms with Gasteiger partial charge in [-0.05, 0) is 40.9 Å². The molecule has 0 unspecified atom stereocenters. The Labute approximate surface area is 105 Å².